The topological polar surface area (TPSA) is 411 Å². The summed E-state index contributed by atoms with van der Waals surface area (Å²) in [4.78, 5) is 119. The van der Waals surface area contributed by atoms with Gasteiger partial charge < -0.3 is 81.3 Å². The van der Waals surface area contributed by atoms with E-state index in [1.807, 2.05) is 69.4 Å². The smallest absolute Gasteiger partial charge is 0.312 e. The number of likely N-dealkylation sites (tertiary alicyclic amines) is 2. The number of ether oxygens (including phenoxy) is 4. The highest BCUT2D eigenvalue weighted by atomic mass is 16.5. The lowest BCUT2D eigenvalue weighted by Crippen LogP contribution is -2.58. The zero-order chi connectivity index (χ0) is 79.3. The number of hydrogen-bond donors (Lipinski definition) is 8. The minimum atomic E-state index is -1.35. The predicted octanol–water partition coefficient (Wildman–Crippen LogP) is 6.72. The van der Waals surface area contributed by atoms with E-state index in [4.69, 9.17) is 34.9 Å². The summed E-state index contributed by atoms with van der Waals surface area (Å²) in [7, 11) is 0. The fraction of sp³-hybridized carbons (Fsp3) is 0.500. The van der Waals surface area contributed by atoms with E-state index in [0.717, 1.165) is 79.7 Å². The number of piperidine rings is 1. The molecule has 113 heavy (non-hydrogen) atoms. The number of anilines is 4. The van der Waals surface area contributed by atoms with Crippen LogP contribution in [0.25, 0.3) is 11.3 Å². The number of fused-ring (bicyclic) bond motifs is 2. The lowest BCUT2D eigenvalue weighted by Gasteiger charge is -2.43. The van der Waals surface area contributed by atoms with Gasteiger partial charge in [0.2, 0.25) is 35.4 Å². The third-order valence-electron chi connectivity index (χ3n) is 22.8. The van der Waals surface area contributed by atoms with Crippen LogP contribution < -0.4 is 62.1 Å². The lowest BCUT2D eigenvalue weighted by atomic mass is 9.67. The second kappa shape index (κ2) is 36.5. The van der Waals surface area contributed by atoms with Gasteiger partial charge in [0.15, 0.2) is 11.6 Å². The molecule has 10 N–H and O–H groups in total. The van der Waals surface area contributed by atoms with Crippen molar-refractivity contribution in [1.29, 1.82) is 5.26 Å². The molecule has 2 aliphatic carbocycles. The molecule has 13 rings (SSSR count). The number of hydrogen-bond acceptors (Lipinski definition) is 23. The number of nitrogens with one attached hydrogen (secondary N) is 5. The molecule has 598 valence electrons. The van der Waals surface area contributed by atoms with E-state index in [2.05, 4.69) is 79.8 Å². The van der Waals surface area contributed by atoms with Crippen LogP contribution >= 0.6 is 0 Å². The average Bonchev–Trinajstić information content (AvgIpc) is 1.75. The Kier molecular flexibility index (Phi) is 25.8. The summed E-state index contributed by atoms with van der Waals surface area (Å²) in [6.07, 6.45) is 12.7. The van der Waals surface area contributed by atoms with E-state index in [1.165, 1.54) is 22.0 Å². The highest BCUT2D eigenvalue weighted by molar-refractivity contribution is 6.13. The van der Waals surface area contributed by atoms with Crippen molar-refractivity contribution in [2.24, 2.45) is 17.1 Å². The highest BCUT2D eigenvalue weighted by Crippen LogP contribution is 2.44. The van der Waals surface area contributed by atoms with Crippen molar-refractivity contribution < 1.29 is 66.9 Å². The van der Waals surface area contributed by atoms with Gasteiger partial charge in [0, 0.05) is 138 Å². The summed E-state index contributed by atoms with van der Waals surface area (Å²) >= 11 is 0. The molecule has 8 heterocycles. The van der Waals surface area contributed by atoms with Crippen molar-refractivity contribution in [3.8, 4) is 34.8 Å². The van der Waals surface area contributed by atoms with Crippen LogP contribution in [-0.2, 0) is 44.9 Å². The summed E-state index contributed by atoms with van der Waals surface area (Å²) in [6, 6.07) is 28.9. The Hall–Kier alpha value is -11.2. The average molecular weight is 1550 g/mol. The van der Waals surface area contributed by atoms with Crippen LogP contribution in [0.4, 0.5) is 27.7 Å². The number of unbranched alkanes of at least 4 members (excludes halogenated alkanes) is 2. The van der Waals surface area contributed by atoms with Crippen molar-refractivity contribution in [2.45, 2.75) is 184 Å². The Bertz CT molecular complexity index is 4430. The third-order valence-corrected chi connectivity index (χ3v) is 22.8. The number of imide groups is 1. The molecule has 7 atom stereocenters. The second-order valence-corrected chi connectivity index (χ2v) is 30.9. The molecular weight excluding hydrogens is 1450 g/mol. The molecule has 9 amide bonds. The first-order chi connectivity index (χ1) is 54.6. The Labute approximate surface area is 656 Å². The van der Waals surface area contributed by atoms with Crippen molar-refractivity contribution in [1.82, 2.24) is 56.3 Å². The molecule has 5 aliphatic heterocycles. The van der Waals surface area contributed by atoms with E-state index in [-0.39, 0.29) is 111 Å². The molecule has 31 heteroatoms. The molecule has 7 aliphatic rings. The molecule has 2 bridgehead atoms. The first-order valence-electron chi connectivity index (χ1n) is 39.5. The first-order valence-corrected chi connectivity index (χ1v) is 39.5. The number of carbonyl (C=O) groups is 8. The van der Waals surface area contributed by atoms with E-state index < -0.39 is 53.3 Å². The number of nitrogens with two attached hydrogens (primary N) is 2. The van der Waals surface area contributed by atoms with Crippen LogP contribution in [0.3, 0.4) is 0 Å². The van der Waals surface area contributed by atoms with Crippen molar-refractivity contribution in [3.05, 3.63) is 138 Å². The largest absolute Gasteiger partial charge is 0.488 e. The van der Waals surface area contributed by atoms with Gasteiger partial charge in [-0.3, -0.25) is 43.4 Å². The molecular formula is C82H101N17O14. The number of nitrogens with zero attached hydrogens (tertiary/aromatic N) is 10. The van der Waals surface area contributed by atoms with Crippen LogP contribution in [0.5, 0.6) is 17.5 Å². The summed E-state index contributed by atoms with van der Waals surface area (Å²) in [5.74, 6) is -1.74. The van der Waals surface area contributed by atoms with Gasteiger partial charge in [-0.1, -0.05) is 56.7 Å². The van der Waals surface area contributed by atoms with Crippen LogP contribution in [0.2, 0.25) is 0 Å². The van der Waals surface area contributed by atoms with Gasteiger partial charge in [-0.05, 0) is 148 Å². The molecule has 6 aromatic rings. The number of nitrogen functional groups attached to an aromatic ring is 1. The van der Waals surface area contributed by atoms with Gasteiger partial charge >= 0.3 is 6.03 Å². The van der Waals surface area contributed by atoms with Crippen molar-refractivity contribution in [2.75, 3.05) is 86.4 Å². The van der Waals surface area contributed by atoms with Gasteiger partial charge in [-0.15, -0.1) is 10.2 Å². The monoisotopic (exact) mass is 1550 g/mol. The van der Waals surface area contributed by atoms with E-state index >= 15 is 0 Å². The minimum Gasteiger partial charge on any atom is -0.488 e. The number of aliphatic hydroxyl groups excluding tert-OH is 1. The van der Waals surface area contributed by atoms with Crippen LogP contribution in [-0.4, -0.2) is 202 Å². The fourth-order valence-corrected chi connectivity index (χ4v) is 16.2. The molecule has 0 radical (unpaired) electrons. The quantitative estimate of drug-likeness (QED) is 0.0116. The zero-order valence-corrected chi connectivity index (χ0v) is 64.1. The second-order valence-electron chi connectivity index (χ2n) is 30.9. The number of piperazine rings is 1. The van der Waals surface area contributed by atoms with Gasteiger partial charge in [0.05, 0.1) is 47.4 Å². The predicted molar refractivity (Wildman–Crippen MR) is 416 cm³/mol. The number of pyridine rings is 1. The number of amides is 9. The highest BCUT2D eigenvalue weighted by Gasteiger charge is 2.52. The molecule has 3 aromatic carbocycles. The molecule has 6 fully saturated rings. The Morgan fingerprint density at radius 1 is 0.761 bits per heavy atom. The maximum atomic E-state index is 14.2. The number of β-amino-alcohol motifs (C(OH)–C–C–N with tert-alkyl or cyclic N) is 1. The Balaban J connectivity index is 0.532. The normalized spacial score (nSPS) is 21.3. The fourth-order valence-electron chi connectivity index (χ4n) is 16.2. The number of aromatic nitrogens is 4. The summed E-state index contributed by atoms with van der Waals surface area (Å²) in [5.41, 5.74) is 16.4. The van der Waals surface area contributed by atoms with Gasteiger partial charge in [0.1, 0.15) is 48.5 Å². The number of urea groups is 1. The summed E-state index contributed by atoms with van der Waals surface area (Å²) in [5, 5.41) is 47.2. The minimum absolute atomic E-state index is 0.00542. The number of rotatable bonds is 35. The van der Waals surface area contributed by atoms with E-state index in [1.54, 1.807) is 42.5 Å². The number of aliphatic hydroxyl groups is 1. The molecule has 2 unspecified atom stereocenters. The summed E-state index contributed by atoms with van der Waals surface area (Å²) < 4.78 is 31.3. The van der Waals surface area contributed by atoms with E-state index in [9.17, 15) is 48.7 Å². The van der Waals surface area contributed by atoms with Crippen LogP contribution in [0.1, 0.15) is 151 Å². The van der Waals surface area contributed by atoms with Crippen LogP contribution in [0.15, 0.2) is 120 Å². The van der Waals surface area contributed by atoms with Gasteiger partial charge in [0.25, 0.3) is 17.7 Å². The molecule has 4 saturated heterocycles. The number of benzene rings is 3. The first kappa shape index (κ1) is 79.8. The number of nitriles is 1. The Morgan fingerprint density at radius 3 is 2.20 bits per heavy atom. The van der Waals surface area contributed by atoms with Gasteiger partial charge in [-0.2, -0.15) is 5.26 Å². The molecule has 2 saturated carbocycles. The SMILES string of the molecule is CC(C)[C@@H](C(=O)N1C[C@H](O)C[C@H]1C(=O)N[C@@H](C)c1ccc(C#N)cc1)c1cc(OCCN2CCC(OC3CC(Oc4cc(N5C6CCC5CN(c5cc(-c7ccccc7OCc7ccc(NC(=O)[C@H](CCCNC(N)=O)NC(=O)C8(C(=O)NCCCCCN9C(=O)C=CC9=O)CCC8)cc7)nnc5N)C6)ccn4)C3)CC2)no1. The number of carbonyl (C=O) groups excluding carboxylic acids is 8. The van der Waals surface area contributed by atoms with Crippen molar-refractivity contribution >= 4 is 70.3 Å². The van der Waals surface area contributed by atoms with Gasteiger partial charge in [-0.25, -0.2) is 9.78 Å². The zero-order valence-electron chi connectivity index (χ0n) is 64.1. The number of para-hydroxylation sites is 1. The number of primary amides is 1. The standard InChI is InChI=1S/C82H101N17O14/c1-50(2)74(78(105)98-48-59(100)40-67(98)77(104)89-51(3)54-18-14-52(45-83)15-19-54)69-44-71(94-113-69)109-38-37-95-35-27-60(28-36-95)111-61-41-62(42-61)112-70-39-56(26-33-86-70)99-57-22-23-58(99)47-96(46-57)66-43-65(92-93-75(66)84)63-11-5-6-13-68(63)110-49-53-16-20-55(21-17-53)90-76(103)64(12-9-32-88-81(85)108)91-80(107)82(29-10-30-82)79(106)87-31-7-4-8-34-97-72(101)24-25-73(97)102/h5-6,11,13-21,24-26,33,39,43-44,50-51,57-62,64,67,74,100H,4,7-10,12,22-23,27-32,34-38,40-42,46-49H2,1-3H3,(H2,84,93)(H,87,106)(H,89,104)(H,90,103)(H,91,107)(H3,85,88,108)/t51-,57?,58?,59+,61?,62?,64-,67-,74+/m0/s1. The molecule has 31 nitrogen and oxygen atoms in total. The maximum Gasteiger partial charge on any atom is 0.312 e. The summed E-state index contributed by atoms with van der Waals surface area (Å²) in [6.45, 7) is 10.7. The van der Waals surface area contributed by atoms with E-state index in [0.29, 0.717) is 118 Å². The third kappa shape index (κ3) is 19.5. The van der Waals surface area contributed by atoms with Crippen molar-refractivity contribution in [3.63, 3.8) is 0 Å². The lowest BCUT2D eigenvalue weighted by molar-refractivity contribution is -0.151. The van der Waals surface area contributed by atoms with Crippen LogP contribution in [0, 0.1) is 22.7 Å². The molecule has 3 aromatic heterocycles. The molecule has 0 spiro atoms. The Morgan fingerprint density at radius 2 is 1.50 bits per heavy atom. The maximum absolute atomic E-state index is 14.2.